The molecule has 1 aromatic heterocycles. The topological polar surface area (TPSA) is 54.5 Å². The Morgan fingerprint density at radius 2 is 2.05 bits per heavy atom. The van der Waals surface area contributed by atoms with Crippen LogP contribution in [0.1, 0.15) is 22.2 Å². The number of Topliss-reactive ketones (excluding diaryl/α,β-unsaturated/α-hetero) is 1. The average molecular weight is 388 g/mol. The molecule has 112 valence electrons. The van der Waals surface area contributed by atoms with Crippen LogP contribution in [0.4, 0.5) is 0 Å². The molecule has 0 aliphatic heterocycles. The van der Waals surface area contributed by atoms with Crippen molar-refractivity contribution < 1.29 is 13.2 Å². The Hall–Kier alpha value is -1.02. The quantitative estimate of drug-likeness (QED) is 0.737. The minimum atomic E-state index is -3.61. The zero-order chi connectivity index (χ0) is 15.6. The molecule has 1 heterocycles. The Balaban J connectivity index is 2.28. The highest BCUT2D eigenvalue weighted by Gasteiger charge is 2.22. The number of carbonyl (C=O) groups excluding carboxylic acids is 1. The molecule has 0 radical (unpaired) electrons. The Morgan fingerprint density at radius 1 is 1.33 bits per heavy atom. The number of hydrogen-bond acceptors (Lipinski definition) is 4. The van der Waals surface area contributed by atoms with Gasteiger partial charge in [-0.15, -0.1) is 11.3 Å². The van der Waals surface area contributed by atoms with Gasteiger partial charge in [-0.1, -0.05) is 12.1 Å². The molecule has 21 heavy (non-hydrogen) atoms. The van der Waals surface area contributed by atoms with E-state index in [-0.39, 0.29) is 10.7 Å². The molecular weight excluding hydrogens is 374 g/mol. The summed E-state index contributed by atoms with van der Waals surface area (Å²) >= 11 is 4.84. The van der Waals surface area contributed by atoms with Crippen molar-refractivity contribution in [2.75, 3.05) is 7.05 Å². The van der Waals surface area contributed by atoms with Gasteiger partial charge in [-0.25, -0.2) is 8.42 Å². The molecule has 1 aromatic carbocycles. The lowest BCUT2D eigenvalue weighted by atomic mass is 10.2. The monoisotopic (exact) mass is 387 g/mol. The predicted molar refractivity (Wildman–Crippen MR) is 87.1 cm³/mol. The van der Waals surface area contributed by atoms with Gasteiger partial charge in [0.15, 0.2) is 5.78 Å². The summed E-state index contributed by atoms with van der Waals surface area (Å²) in [7, 11) is -2.08. The maximum Gasteiger partial charge on any atom is 0.243 e. The highest BCUT2D eigenvalue weighted by molar-refractivity contribution is 9.10. The zero-order valence-electron chi connectivity index (χ0n) is 11.5. The minimum absolute atomic E-state index is 0.133. The molecule has 0 saturated carbocycles. The van der Waals surface area contributed by atoms with Crippen LogP contribution in [0.15, 0.2) is 45.1 Å². The van der Waals surface area contributed by atoms with Crippen molar-refractivity contribution in [3.8, 4) is 0 Å². The van der Waals surface area contributed by atoms with Crippen molar-refractivity contribution in [3.63, 3.8) is 0 Å². The number of benzene rings is 1. The van der Waals surface area contributed by atoms with E-state index in [2.05, 4.69) is 15.9 Å². The van der Waals surface area contributed by atoms with Crippen molar-refractivity contribution in [2.24, 2.45) is 0 Å². The Labute approximate surface area is 136 Å². The number of ketones is 1. The van der Waals surface area contributed by atoms with E-state index < -0.39 is 10.0 Å². The molecule has 7 heteroatoms. The molecule has 0 amide bonds. The smallest absolute Gasteiger partial charge is 0.243 e. The molecule has 4 nitrogen and oxygen atoms in total. The summed E-state index contributed by atoms with van der Waals surface area (Å²) < 4.78 is 27.3. The molecule has 2 rings (SSSR count). The Morgan fingerprint density at radius 3 is 2.62 bits per heavy atom. The van der Waals surface area contributed by atoms with Crippen molar-refractivity contribution >= 4 is 43.1 Å². The van der Waals surface area contributed by atoms with Gasteiger partial charge in [0.25, 0.3) is 0 Å². The van der Waals surface area contributed by atoms with E-state index in [9.17, 15) is 13.2 Å². The second-order valence-corrected chi connectivity index (χ2v) is 8.53. The standard InChI is InChI=1S/C14H14BrNO3S2/c1-10(17)11-4-3-5-14(6-11)21(18,19)16(2)8-13-7-12(15)9-20-13/h3-7,9H,8H2,1-2H3. The number of rotatable bonds is 5. The number of hydrogen-bond donors (Lipinski definition) is 0. The summed E-state index contributed by atoms with van der Waals surface area (Å²) in [6, 6.07) is 8.00. The lowest BCUT2D eigenvalue weighted by molar-refractivity contribution is 0.101. The van der Waals surface area contributed by atoms with Crippen molar-refractivity contribution in [2.45, 2.75) is 18.4 Å². The second-order valence-electron chi connectivity index (χ2n) is 4.58. The summed E-state index contributed by atoms with van der Waals surface area (Å²) in [4.78, 5) is 12.4. The summed E-state index contributed by atoms with van der Waals surface area (Å²) in [6.07, 6.45) is 0. The molecule has 0 bridgehead atoms. The zero-order valence-corrected chi connectivity index (χ0v) is 14.8. The highest BCUT2D eigenvalue weighted by Crippen LogP contribution is 2.23. The van der Waals surface area contributed by atoms with E-state index in [1.54, 1.807) is 12.1 Å². The first-order valence-corrected chi connectivity index (χ1v) is 9.22. The van der Waals surface area contributed by atoms with Crippen LogP contribution in [0.25, 0.3) is 0 Å². The third-order valence-corrected chi connectivity index (χ3v) is 6.43. The second kappa shape index (κ2) is 6.39. The molecule has 2 aromatic rings. The van der Waals surface area contributed by atoms with E-state index >= 15 is 0 Å². The van der Waals surface area contributed by atoms with Crippen LogP contribution in [0.2, 0.25) is 0 Å². The molecule has 0 aliphatic rings. The van der Waals surface area contributed by atoms with E-state index in [0.717, 1.165) is 9.35 Å². The van der Waals surface area contributed by atoms with Gasteiger partial charge in [0, 0.05) is 33.9 Å². The number of carbonyl (C=O) groups is 1. The average Bonchev–Trinajstić information content (AvgIpc) is 2.84. The van der Waals surface area contributed by atoms with Crippen LogP contribution in [-0.4, -0.2) is 25.6 Å². The van der Waals surface area contributed by atoms with Gasteiger partial charge in [-0.2, -0.15) is 4.31 Å². The summed E-state index contributed by atoms with van der Waals surface area (Å²) in [6.45, 7) is 1.71. The van der Waals surface area contributed by atoms with Crippen molar-refractivity contribution in [3.05, 3.63) is 50.6 Å². The number of thiophene rings is 1. The van der Waals surface area contributed by atoms with Gasteiger partial charge in [0.2, 0.25) is 10.0 Å². The van der Waals surface area contributed by atoms with Gasteiger partial charge in [-0.05, 0) is 41.1 Å². The molecule has 0 spiro atoms. The molecule has 0 saturated heterocycles. The van der Waals surface area contributed by atoms with Crippen LogP contribution >= 0.6 is 27.3 Å². The third kappa shape index (κ3) is 3.79. The lowest BCUT2D eigenvalue weighted by Crippen LogP contribution is -2.26. The van der Waals surface area contributed by atoms with Gasteiger partial charge in [0.1, 0.15) is 0 Å². The van der Waals surface area contributed by atoms with Gasteiger partial charge in [0.05, 0.1) is 4.90 Å². The largest absolute Gasteiger partial charge is 0.295 e. The van der Waals surface area contributed by atoms with E-state index in [4.69, 9.17) is 0 Å². The van der Waals surface area contributed by atoms with Crippen LogP contribution in [0.3, 0.4) is 0 Å². The first-order chi connectivity index (χ1) is 9.80. The predicted octanol–water partition coefficient (Wildman–Crippen LogP) is 3.53. The number of halogens is 1. The van der Waals surface area contributed by atoms with Crippen molar-refractivity contribution in [1.82, 2.24) is 4.31 Å². The maximum absolute atomic E-state index is 12.5. The molecule has 0 N–H and O–H groups in total. The molecular formula is C14H14BrNO3S2. The fourth-order valence-corrected chi connectivity index (χ4v) is 4.58. The molecule has 0 atom stereocenters. The number of nitrogens with zero attached hydrogens (tertiary/aromatic N) is 1. The molecule has 0 unspecified atom stereocenters. The van der Waals surface area contributed by atoms with Gasteiger partial charge < -0.3 is 0 Å². The molecule has 0 aliphatic carbocycles. The highest BCUT2D eigenvalue weighted by atomic mass is 79.9. The first-order valence-electron chi connectivity index (χ1n) is 6.11. The maximum atomic E-state index is 12.5. The fraction of sp³-hybridized carbons (Fsp3) is 0.214. The summed E-state index contributed by atoms with van der Waals surface area (Å²) in [5, 5.41) is 1.91. The molecule has 0 fully saturated rings. The van der Waals surface area contributed by atoms with E-state index in [0.29, 0.717) is 12.1 Å². The summed E-state index contributed by atoms with van der Waals surface area (Å²) in [5.41, 5.74) is 0.392. The Kier molecular flexibility index (Phi) is 4.98. The normalized spacial score (nSPS) is 11.8. The SMILES string of the molecule is CC(=O)c1cccc(S(=O)(=O)N(C)Cc2cc(Br)cs2)c1. The first kappa shape index (κ1) is 16.4. The van der Waals surface area contributed by atoms with E-state index in [1.165, 1.54) is 41.7 Å². The summed E-state index contributed by atoms with van der Waals surface area (Å²) in [5.74, 6) is -0.156. The fourth-order valence-electron chi connectivity index (χ4n) is 1.80. The van der Waals surface area contributed by atoms with Crippen LogP contribution < -0.4 is 0 Å². The van der Waals surface area contributed by atoms with Gasteiger partial charge >= 0.3 is 0 Å². The lowest BCUT2D eigenvalue weighted by Gasteiger charge is -2.16. The van der Waals surface area contributed by atoms with Crippen LogP contribution in [-0.2, 0) is 16.6 Å². The van der Waals surface area contributed by atoms with Crippen LogP contribution in [0.5, 0.6) is 0 Å². The van der Waals surface area contributed by atoms with Crippen molar-refractivity contribution in [1.29, 1.82) is 0 Å². The Bertz CT molecular complexity index is 768. The van der Waals surface area contributed by atoms with E-state index in [1.807, 2.05) is 11.4 Å². The third-order valence-electron chi connectivity index (χ3n) is 2.95. The minimum Gasteiger partial charge on any atom is -0.295 e. The van der Waals surface area contributed by atoms with Gasteiger partial charge in [-0.3, -0.25) is 4.79 Å². The van der Waals surface area contributed by atoms with Crippen LogP contribution in [0, 0.1) is 0 Å². The number of sulfonamides is 1.